The molecule has 3 rings (SSSR count). The van der Waals surface area contributed by atoms with Gasteiger partial charge in [-0.05, 0) is 49.7 Å². The second kappa shape index (κ2) is 10.4. The molecule has 0 bridgehead atoms. The van der Waals surface area contributed by atoms with E-state index in [1.807, 2.05) is 20.8 Å². The van der Waals surface area contributed by atoms with Crippen molar-refractivity contribution in [2.24, 2.45) is 5.92 Å². The summed E-state index contributed by atoms with van der Waals surface area (Å²) in [6.45, 7) is 8.36. The lowest BCUT2D eigenvalue weighted by Gasteiger charge is -2.38. The van der Waals surface area contributed by atoms with Crippen LogP contribution in [0.25, 0.3) is 0 Å². The highest BCUT2D eigenvalue weighted by Gasteiger charge is 2.30. The Balaban J connectivity index is 1.59. The van der Waals surface area contributed by atoms with Crippen molar-refractivity contribution in [1.29, 1.82) is 0 Å². The Hall–Kier alpha value is -1.68. The quantitative estimate of drug-likeness (QED) is 0.615. The summed E-state index contributed by atoms with van der Waals surface area (Å²) in [4.78, 5) is 2.63. The SMILES string of the molecule is CC(C)C(C)(O)CO[C@H]1CC[C@H](N(Cc2ccccc2)Cc2ccccc2)CC1. The van der Waals surface area contributed by atoms with Gasteiger partial charge in [0.15, 0.2) is 0 Å². The average molecular weight is 396 g/mol. The molecule has 0 aromatic heterocycles. The minimum Gasteiger partial charge on any atom is -0.388 e. The summed E-state index contributed by atoms with van der Waals surface area (Å²) in [5.74, 6) is 0.200. The van der Waals surface area contributed by atoms with Crippen LogP contribution in [0, 0.1) is 5.92 Å². The van der Waals surface area contributed by atoms with Crippen LogP contribution in [0.2, 0.25) is 0 Å². The molecule has 3 heteroatoms. The van der Waals surface area contributed by atoms with Gasteiger partial charge in [0.05, 0.1) is 18.3 Å². The molecule has 1 N–H and O–H groups in total. The highest BCUT2D eigenvalue weighted by Crippen LogP contribution is 2.29. The Bertz CT molecular complexity index is 665. The lowest BCUT2D eigenvalue weighted by atomic mass is 9.90. The van der Waals surface area contributed by atoms with E-state index in [-0.39, 0.29) is 12.0 Å². The zero-order chi connectivity index (χ0) is 20.7. The predicted octanol–water partition coefficient (Wildman–Crippen LogP) is 5.42. The summed E-state index contributed by atoms with van der Waals surface area (Å²) in [6.07, 6.45) is 4.70. The van der Waals surface area contributed by atoms with Crippen molar-refractivity contribution in [3.8, 4) is 0 Å². The largest absolute Gasteiger partial charge is 0.388 e. The zero-order valence-electron chi connectivity index (χ0n) is 18.3. The Morgan fingerprint density at radius 3 is 1.83 bits per heavy atom. The zero-order valence-corrected chi connectivity index (χ0v) is 18.3. The van der Waals surface area contributed by atoms with Crippen molar-refractivity contribution in [3.63, 3.8) is 0 Å². The molecule has 0 amide bonds. The molecule has 2 aromatic rings. The third-order valence-electron chi connectivity index (χ3n) is 6.47. The van der Waals surface area contributed by atoms with Gasteiger partial charge in [-0.15, -0.1) is 0 Å². The van der Waals surface area contributed by atoms with Crippen molar-refractivity contribution in [2.75, 3.05) is 6.61 Å². The normalized spacial score (nSPS) is 22.0. The maximum absolute atomic E-state index is 10.5. The van der Waals surface area contributed by atoms with E-state index in [1.165, 1.54) is 11.1 Å². The van der Waals surface area contributed by atoms with E-state index >= 15 is 0 Å². The van der Waals surface area contributed by atoms with Gasteiger partial charge in [0.25, 0.3) is 0 Å². The third-order valence-corrected chi connectivity index (χ3v) is 6.47. The molecule has 2 aromatic carbocycles. The molecule has 1 fully saturated rings. The van der Waals surface area contributed by atoms with Crippen LogP contribution in [-0.4, -0.2) is 34.4 Å². The number of hydrogen-bond acceptors (Lipinski definition) is 3. The predicted molar refractivity (Wildman–Crippen MR) is 120 cm³/mol. The first-order valence-electron chi connectivity index (χ1n) is 11.1. The summed E-state index contributed by atoms with van der Waals surface area (Å²) in [5.41, 5.74) is 1.99. The van der Waals surface area contributed by atoms with Gasteiger partial charge in [-0.3, -0.25) is 4.90 Å². The van der Waals surface area contributed by atoms with Crippen molar-refractivity contribution in [2.45, 2.75) is 77.3 Å². The first-order valence-corrected chi connectivity index (χ1v) is 11.1. The minimum atomic E-state index is -0.747. The highest BCUT2D eigenvalue weighted by molar-refractivity contribution is 5.17. The van der Waals surface area contributed by atoms with Crippen LogP contribution in [-0.2, 0) is 17.8 Å². The van der Waals surface area contributed by atoms with Gasteiger partial charge in [0.1, 0.15) is 0 Å². The molecular weight excluding hydrogens is 358 g/mol. The number of benzene rings is 2. The van der Waals surface area contributed by atoms with E-state index in [4.69, 9.17) is 4.74 Å². The average Bonchev–Trinajstić information content (AvgIpc) is 2.74. The van der Waals surface area contributed by atoms with Crippen LogP contribution in [0.5, 0.6) is 0 Å². The molecular formula is C26H37NO2. The van der Waals surface area contributed by atoms with Gasteiger partial charge < -0.3 is 9.84 Å². The molecule has 0 heterocycles. The van der Waals surface area contributed by atoms with Gasteiger partial charge in [0, 0.05) is 19.1 Å². The van der Waals surface area contributed by atoms with E-state index in [2.05, 4.69) is 65.6 Å². The van der Waals surface area contributed by atoms with Crippen molar-refractivity contribution in [1.82, 2.24) is 4.90 Å². The topological polar surface area (TPSA) is 32.7 Å². The van der Waals surface area contributed by atoms with Crippen LogP contribution >= 0.6 is 0 Å². The van der Waals surface area contributed by atoms with Gasteiger partial charge in [0.2, 0.25) is 0 Å². The Morgan fingerprint density at radius 1 is 0.897 bits per heavy atom. The standard InChI is InChI=1S/C26H37NO2/c1-21(2)26(3,28)20-29-25-16-14-24(15-17-25)27(18-22-10-6-4-7-11-22)19-23-12-8-5-9-13-23/h4-13,21,24-25,28H,14-20H2,1-3H3/t24-,25-,26?. The Kier molecular flexibility index (Phi) is 7.88. The highest BCUT2D eigenvalue weighted by atomic mass is 16.5. The minimum absolute atomic E-state index is 0.200. The second-order valence-corrected chi connectivity index (χ2v) is 9.13. The van der Waals surface area contributed by atoms with Crippen LogP contribution in [0.15, 0.2) is 60.7 Å². The molecule has 1 unspecified atom stereocenters. The number of ether oxygens (including phenoxy) is 1. The molecule has 1 aliphatic rings. The summed E-state index contributed by atoms with van der Waals surface area (Å²) in [6, 6.07) is 22.1. The number of aliphatic hydroxyl groups is 1. The van der Waals surface area contributed by atoms with E-state index in [1.54, 1.807) is 0 Å². The van der Waals surface area contributed by atoms with E-state index in [9.17, 15) is 5.11 Å². The van der Waals surface area contributed by atoms with Crippen molar-refractivity contribution in [3.05, 3.63) is 71.8 Å². The summed E-state index contributed by atoms with van der Waals surface area (Å²) >= 11 is 0. The molecule has 0 spiro atoms. The number of rotatable bonds is 9. The molecule has 1 saturated carbocycles. The van der Waals surface area contributed by atoms with Crippen molar-refractivity contribution < 1.29 is 9.84 Å². The van der Waals surface area contributed by atoms with Gasteiger partial charge in [-0.25, -0.2) is 0 Å². The summed E-state index contributed by atoms with van der Waals surface area (Å²) < 4.78 is 6.11. The smallest absolute Gasteiger partial charge is 0.0875 e. The maximum Gasteiger partial charge on any atom is 0.0875 e. The van der Waals surface area contributed by atoms with Crippen LogP contribution in [0.4, 0.5) is 0 Å². The van der Waals surface area contributed by atoms with Crippen molar-refractivity contribution >= 4 is 0 Å². The lowest BCUT2D eigenvalue weighted by Crippen LogP contribution is -2.41. The number of nitrogens with zero attached hydrogens (tertiary/aromatic N) is 1. The molecule has 0 saturated heterocycles. The van der Waals surface area contributed by atoms with E-state index in [0.717, 1.165) is 38.8 Å². The van der Waals surface area contributed by atoms with Gasteiger partial charge >= 0.3 is 0 Å². The first kappa shape index (κ1) is 22.0. The molecule has 158 valence electrons. The molecule has 1 atom stereocenters. The second-order valence-electron chi connectivity index (χ2n) is 9.13. The Labute approximate surface area is 176 Å². The van der Waals surface area contributed by atoms with E-state index < -0.39 is 5.60 Å². The summed E-state index contributed by atoms with van der Waals surface area (Å²) in [7, 11) is 0. The Morgan fingerprint density at radius 2 is 1.38 bits per heavy atom. The van der Waals surface area contributed by atoms with Crippen LogP contribution in [0.3, 0.4) is 0 Å². The molecule has 0 radical (unpaired) electrons. The molecule has 0 aliphatic heterocycles. The monoisotopic (exact) mass is 395 g/mol. The lowest BCUT2D eigenvalue weighted by molar-refractivity contribution is -0.0972. The maximum atomic E-state index is 10.5. The fraction of sp³-hybridized carbons (Fsp3) is 0.538. The van der Waals surface area contributed by atoms with Crippen LogP contribution < -0.4 is 0 Å². The fourth-order valence-electron chi connectivity index (χ4n) is 3.98. The molecule has 3 nitrogen and oxygen atoms in total. The summed E-state index contributed by atoms with van der Waals surface area (Å²) in [5, 5.41) is 10.5. The van der Waals surface area contributed by atoms with E-state index in [0.29, 0.717) is 12.6 Å². The van der Waals surface area contributed by atoms with Gasteiger partial charge in [-0.1, -0.05) is 74.5 Å². The number of hydrogen-bond donors (Lipinski definition) is 1. The van der Waals surface area contributed by atoms with Gasteiger partial charge in [-0.2, -0.15) is 0 Å². The molecule has 1 aliphatic carbocycles. The third kappa shape index (κ3) is 6.67. The van der Waals surface area contributed by atoms with Crippen LogP contribution in [0.1, 0.15) is 57.6 Å². The molecule has 29 heavy (non-hydrogen) atoms. The first-order chi connectivity index (χ1) is 13.9. The fourth-order valence-corrected chi connectivity index (χ4v) is 3.98.